The molecule has 2 aliphatic rings. The monoisotopic (exact) mass is 222 g/mol. The van der Waals surface area contributed by atoms with E-state index in [9.17, 15) is 4.79 Å². The molecule has 0 aromatic rings. The fraction of sp³-hybridized carbons (Fsp3) is 0.750. The molecule has 0 spiro atoms. The number of hydrogen-bond donors (Lipinski definition) is 1. The van der Waals surface area contributed by atoms with Crippen molar-refractivity contribution in [2.75, 3.05) is 26.7 Å². The lowest BCUT2D eigenvalue weighted by Crippen LogP contribution is -2.59. The van der Waals surface area contributed by atoms with E-state index in [-0.39, 0.29) is 12.0 Å². The highest BCUT2D eigenvalue weighted by molar-refractivity contribution is 5.82. The third-order valence-corrected chi connectivity index (χ3v) is 3.78. The van der Waals surface area contributed by atoms with Crippen LogP contribution in [-0.4, -0.2) is 49.2 Å². The Labute approximate surface area is 96.3 Å². The van der Waals surface area contributed by atoms with Crippen molar-refractivity contribution < 1.29 is 9.53 Å². The standard InChI is InChI=1S/C12H18N2O2/c1-3-7-13-12(11(15)16-2)6-9-14-8-4-5-10(12)14/h1,10,13H,4-9H2,2H3. The number of ether oxygens (including phenoxy) is 1. The highest BCUT2D eigenvalue weighted by Crippen LogP contribution is 2.36. The molecule has 0 aliphatic carbocycles. The zero-order chi connectivity index (χ0) is 11.6. The van der Waals surface area contributed by atoms with Crippen molar-refractivity contribution in [3.63, 3.8) is 0 Å². The molecular weight excluding hydrogens is 204 g/mol. The van der Waals surface area contributed by atoms with Gasteiger partial charge in [0.1, 0.15) is 5.54 Å². The normalized spacial score (nSPS) is 33.4. The van der Waals surface area contributed by atoms with E-state index in [0.29, 0.717) is 6.54 Å². The van der Waals surface area contributed by atoms with Gasteiger partial charge in [-0.15, -0.1) is 6.42 Å². The minimum atomic E-state index is -0.572. The molecule has 2 rings (SSSR count). The maximum Gasteiger partial charge on any atom is 0.327 e. The van der Waals surface area contributed by atoms with Crippen molar-refractivity contribution in [3.05, 3.63) is 0 Å². The van der Waals surface area contributed by atoms with Crippen molar-refractivity contribution in [2.45, 2.75) is 30.8 Å². The Morgan fingerprint density at radius 2 is 2.50 bits per heavy atom. The second-order valence-electron chi connectivity index (χ2n) is 4.46. The average molecular weight is 222 g/mol. The summed E-state index contributed by atoms with van der Waals surface area (Å²) in [5.41, 5.74) is -0.572. The van der Waals surface area contributed by atoms with Gasteiger partial charge in [0.05, 0.1) is 13.7 Å². The number of esters is 1. The fourth-order valence-corrected chi connectivity index (χ4v) is 3.05. The van der Waals surface area contributed by atoms with Crippen LogP contribution in [-0.2, 0) is 9.53 Å². The second kappa shape index (κ2) is 4.44. The lowest BCUT2D eigenvalue weighted by atomic mass is 9.88. The van der Waals surface area contributed by atoms with Gasteiger partial charge in [-0.05, 0) is 25.8 Å². The first-order chi connectivity index (χ1) is 7.74. The molecule has 0 amide bonds. The highest BCUT2D eigenvalue weighted by Gasteiger charge is 2.54. The van der Waals surface area contributed by atoms with Crippen LogP contribution in [0.3, 0.4) is 0 Å². The third-order valence-electron chi connectivity index (χ3n) is 3.78. The smallest absolute Gasteiger partial charge is 0.327 e. The molecule has 0 saturated carbocycles. The summed E-state index contributed by atoms with van der Waals surface area (Å²) in [5, 5.41) is 3.21. The van der Waals surface area contributed by atoms with Crippen LogP contribution in [0.15, 0.2) is 0 Å². The Balaban J connectivity index is 2.21. The number of nitrogens with zero attached hydrogens (tertiary/aromatic N) is 1. The number of carbonyl (C=O) groups excluding carboxylic acids is 1. The van der Waals surface area contributed by atoms with Gasteiger partial charge >= 0.3 is 5.97 Å². The molecule has 88 valence electrons. The summed E-state index contributed by atoms with van der Waals surface area (Å²) >= 11 is 0. The van der Waals surface area contributed by atoms with Crippen LogP contribution >= 0.6 is 0 Å². The topological polar surface area (TPSA) is 41.6 Å². The van der Waals surface area contributed by atoms with Crippen LogP contribution in [0, 0.1) is 12.3 Å². The van der Waals surface area contributed by atoms with Crippen LogP contribution < -0.4 is 5.32 Å². The maximum atomic E-state index is 12.0. The largest absolute Gasteiger partial charge is 0.468 e. The molecule has 2 unspecified atom stereocenters. The van der Waals surface area contributed by atoms with E-state index < -0.39 is 5.54 Å². The predicted octanol–water partition coefficient (Wildman–Crippen LogP) is -0.0109. The van der Waals surface area contributed by atoms with E-state index in [1.165, 1.54) is 7.11 Å². The van der Waals surface area contributed by atoms with Crippen molar-refractivity contribution in [3.8, 4) is 12.3 Å². The molecule has 0 aromatic heterocycles. The molecule has 16 heavy (non-hydrogen) atoms. The molecule has 2 atom stereocenters. The number of carbonyl (C=O) groups is 1. The summed E-state index contributed by atoms with van der Waals surface area (Å²) in [5.74, 6) is 2.37. The number of fused-ring (bicyclic) bond motifs is 1. The first kappa shape index (κ1) is 11.4. The van der Waals surface area contributed by atoms with Crippen molar-refractivity contribution in [2.24, 2.45) is 0 Å². The van der Waals surface area contributed by atoms with Crippen molar-refractivity contribution in [1.82, 2.24) is 10.2 Å². The first-order valence-electron chi connectivity index (χ1n) is 5.75. The summed E-state index contributed by atoms with van der Waals surface area (Å²) in [7, 11) is 1.44. The fourth-order valence-electron chi connectivity index (χ4n) is 3.05. The molecule has 2 fully saturated rings. The Morgan fingerprint density at radius 3 is 3.19 bits per heavy atom. The molecule has 2 aliphatic heterocycles. The van der Waals surface area contributed by atoms with Gasteiger partial charge in [-0.2, -0.15) is 0 Å². The Morgan fingerprint density at radius 1 is 1.69 bits per heavy atom. The molecule has 2 saturated heterocycles. The second-order valence-corrected chi connectivity index (χ2v) is 4.46. The van der Waals surface area contributed by atoms with Gasteiger partial charge in [-0.1, -0.05) is 5.92 Å². The van der Waals surface area contributed by atoms with Crippen LogP contribution in [0.25, 0.3) is 0 Å². The predicted molar refractivity (Wildman–Crippen MR) is 60.8 cm³/mol. The number of hydrogen-bond acceptors (Lipinski definition) is 4. The first-order valence-corrected chi connectivity index (χ1v) is 5.75. The molecule has 4 heteroatoms. The molecule has 0 radical (unpaired) electrons. The number of nitrogens with one attached hydrogen (secondary N) is 1. The Hall–Kier alpha value is -1.05. The summed E-state index contributed by atoms with van der Waals surface area (Å²) in [6.07, 6.45) is 8.27. The van der Waals surface area contributed by atoms with Crippen LogP contribution in [0.4, 0.5) is 0 Å². The molecule has 4 nitrogen and oxygen atoms in total. The van der Waals surface area contributed by atoms with Gasteiger partial charge in [0, 0.05) is 12.6 Å². The number of methoxy groups -OCH3 is 1. The zero-order valence-corrected chi connectivity index (χ0v) is 9.66. The Kier molecular flexibility index (Phi) is 3.17. The van der Waals surface area contributed by atoms with Gasteiger partial charge < -0.3 is 4.74 Å². The SMILES string of the molecule is C#CCNC1(C(=O)OC)CCN2CCCC21. The third kappa shape index (κ3) is 1.60. The minimum absolute atomic E-state index is 0.169. The molecule has 0 aromatic carbocycles. The number of terminal acetylenes is 1. The quantitative estimate of drug-likeness (QED) is 0.538. The van der Waals surface area contributed by atoms with Crippen molar-refractivity contribution in [1.29, 1.82) is 0 Å². The van der Waals surface area contributed by atoms with E-state index in [0.717, 1.165) is 32.4 Å². The van der Waals surface area contributed by atoms with E-state index in [2.05, 4.69) is 16.1 Å². The maximum absolute atomic E-state index is 12.0. The Bertz CT molecular complexity index is 323. The summed E-state index contributed by atoms with van der Waals surface area (Å²) < 4.78 is 4.95. The van der Waals surface area contributed by atoms with E-state index in [4.69, 9.17) is 11.2 Å². The van der Waals surface area contributed by atoms with E-state index >= 15 is 0 Å². The zero-order valence-electron chi connectivity index (χ0n) is 9.66. The molecular formula is C12H18N2O2. The molecule has 2 heterocycles. The lowest BCUT2D eigenvalue weighted by molar-refractivity contribution is -0.149. The number of rotatable bonds is 3. The summed E-state index contributed by atoms with van der Waals surface area (Å²) in [6, 6.07) is 0.258. The lowest BCUT2D eigenvalue weighted by Gasteiger charge is -2.32. The van der Waals surface area contributed by atoms with Crippen molar-refractivity contribution >= 4 is 5.97 Å². The van der Waals surface area contributed by atoms with Crippen LogP contribution in [0.2, 0.25) is 0 Å². The van der Waals surface area contributed by atoms with Gasteiger partial charge in [-0.25, -0.2) is 4.79 Å². The van der Waals surface area contributed by atoms with Crippen LogP contribution in [0.1, 0.15) is 19.3 Å². The average Bonchev–Trinajstić information content (AvgIpc) is 2.88. The highest BCUT2D eigenvalue weighted by atomic mass is 16.5. The van der Waals surface area contributed by atoms with Gasteiger partial charge in [0.15, 0.2) is 0 Å². The molecule has 0 bridgehead atoms. The minimum Gasteiger partial charge on any atom is -0.468 e. The van der Waals surface area contributed by atoms with Gasteiger partial charge in [0.25, 0.3) is 0 Å². The summed E-state index contributed by atoms with van der Waals surface area (Å²) in [4.78, 5) is 14.4. The van der Waals surface area contributed by atoms with E-state index in [1.54, 1.807) is 0 Å². The van der Waals surface area contributed by atoms with Gasteiger partial charge in [0.2, 0.25) is 0 Å². The van der Waals surface area contributed by atoms with Gasteiger partial charge in [-0.3, -0.25) is 10.2 Å². The van der Waals surface area contributed by atoms with Crippen LogP contribution in [0.5, 0.6) is 0 Å². The van der Waals surface area contributed by atoms with E-state index in [1.807, 2.05) is 0 Å². The summed E-state index contributed by atoms with van der Waals surface area (Å²) in [6.45, 7) is 2.46. The molecule has 1 N–H and O–H groups in total.